The number of carbonyl (C=O) groups is 2. The molecule has 0 spiro atoms. The molecule has 3 N–H and O–H groups in total. The fraction of sp³-hybridized carbons (Fsp3) is 0.333. The van der Waals surface area contributed by atoms with Crippen LogP contribution in [0.4, 0.5) is 5.69 Å². The summed E-state index contributed by atoms with van der Waals surface area (Å²) in [5, 5.41) is 8.88. The number of carbonyl (C=O) groups excluding carboxylic acids is 1. The van der Waals surface area contributed by atoms with Crippen LogP contribution in [0.25, 0.3) is 0 Å². The van der Waals surface area contributed by atoms with Crippen LogP contribution in [0, 0.1) is 0 Å². The lowest BCUT2D eigenvalue weighted by Gasteiger charge is -2.21. The zero-order valence-corrected chi connectivity index (χ0v) is 9.87. The molecule has 0 saturated carbocycles. The summed E-state index contributed by atoms with van der Waals surface area (Å²) in [7, 11) is 0. The molecule has 1 aliphatic rings. The van der Waals surface area contributed by atoms with Crippen molar-refractivity contribution in [1.82, 2.24) is 0 Å². The minimum Gasteiger partial charge on any atom is -0.486 e. The number of fused-ring (bicyclic) bond motifs is 1. The molecule has 0 fully saturated rings. The highest BCUT2D eigenvalue weighted by Crippen LogP contribution is 2.32. The van der Waals surface area contributed by atoms with E-state index < -0.39 is 30.6 Å². The van der Waals surface area contributed by atoms with Crippen LogP contribution < -0.4 is 15.4 Å². The van der Waals surface area contributed by atoms with E-state index in [-0.39, 0.29) is 0 Å². The standard InChI is InChI=1S/C12H14N2O4/c1-7-11(13)12(17)14(6-10(15)16)8-4-2-3-5-9(8)18-7/h2-5,7,11H,6,13H2,1H3,(H,15,16). The van der Waals surface area contributed by atoms with Gasteiger partial charge in [-0.1, -0.05) is 12.1 Å². The first kappa shape index (κ1) is 12.4. The van der Waals surface area contributed by atoms with E-state index in [0.29, 0.717) is 11.4 Å². The first-order valence-corrected chi connectivity index (χ1v) is 5.55. The summed E-state index contributed by atoms with van der Waals surface area (Å²) in [6, 6.07) is 5.92. The molecule has 96 valence electrons. The van der Waals surface area contributed by atoms with Gasteiger partial charge >= 0.3 is 5.97 Å². The molecule has 0 radical (unpaired) electrons. The SMILES string of the molecule is CC1Oc2ccccc2N(CC(=O)O)C(=O)C1N. The van der Waals surface area contributed by atoms with Gasteiger partial charge in [0, 0.05) is 0 Å². The summed E-state index contributed by atoms with van der Waals surface area (Å²) >= 11 is 0. The van der Waals surface area contributed by atoms with Crippen molar-refractivity contribution in [1.29, 1.82) is 0 Å². The molecule has 0 saturated heterocycles. The number of anilines is 1. The number of carboxylic acid groups (broad SMARTS) is 1. The molecule has 1 aromatic rings. The Morgan fingerprint density at radius 2 is 2.17 bits per heavy atom. The number of benzene rings is 1. The summed E-state index contributed by atoms with van der Waals surface area (Å²) in [6.45, 7) is 1.25. The Morgan fingerprint density at radius 3 is 2.83 bits per heavy atom. The van der Waals surface area contributed by atoms with Crippen LogP contribution in [0.15, 0.2) is 24.3 Å². The van der Waals surface area contributed by atoms with E-state index in [1.54, 1.807) is 31.2 Å². The average Bonchev–Trinajstić information content (AvgIpc) is 2.41. The predicted octanol–water partition coefficient (Wildman–Crippen LogP) is 0.212. The van der Waals surface area contributed by atoms with Crippen LogP contribution in [0.2, 0.25) is 0 Å². The third kappa shape index (κ3) is 2.14. The van der Waals surface area contributed by atoms with Crippen molar-refractivity contribution in [2.24, 2.45) is 5.73 Å². The molecule has 18 heavy (non-hydrogen) atoms. The first-order valence-electron chi connectivity index (χ1n) is 5.55. The highest BCUT2D eigenvalue weighted by molar-refractivity contribution is 6.02. The summed E-state index contributed by atoms with van der Waals surface area (Å²) in [4.78, 5) is 24.1. The van der Waals surface area contributed by atoms with E-state index in [2.05, 4.69) is 0 Å². The normalized spacial score (nSPS) is 23.0. The summed E-state index contributed by atoms with van der Waals surface area (Å²) < 4.78 is 5.57. The van der Waals surface area contributed by atoms with E-state index in [1.807, 2.05) is 0 Å². The number of nitrogens with two attached hydrogens (primary N) is 1. The monoisotopic (exact) mass is 250 g/mol. The third-order valence-corrected chi connectivity index (χ3v) is 2.82. The van der Waals surface area contributed by atoms with Crippen LogP contribution in [0.3, 0.4) is 0 Å². The fourth-order valence-corrected chi connectivity index (χ4v) is 1.85. The molecule has 6 nitrogen and oxygen atoms in total. The Labute approximate surface area is 104 Å². The number of aliphatic carboxylic acids is 1. The van der Waals surface area contributed by atoms with Crippen molar-refractivity contribution >= 4 is 17.6 Å². The number of para-hydroxylation sites is 2. The maximum Gasteiger partial charge on any atom is 0.323 e. The van der Waals surface area contributed by atoms with Crippen LogP contribution in [0.5, 0.6) is 5.75 Å². The lowest BCUT2D eigenvalue weighted by atomic mass is 10.1. The van der Waals surface area contributed by atoms with Crippen molar-refractivity contribution in [3.63, 3.8) is 0 Å². The van der Waals surface area contributed by atoms with Crippen molar-refractivity contribution < 1.29 is 19.4 Å². The Hall–Kier alpha value is -2.08. The zero-order chi connectivity index (χ0) is 13.3. The molecule has 1 heterocycles. The first-order chi connectivity index (χ1) is 8.50. The Balaban J connectivity index is 2.47. The van der Waals surface area contributed by atoms with Crippen LogP contribution in [0.1, 0.15) is 6.92 Å². The predicted molar refractivity (Wildman–Crippen MR) is 64.5 cm³/mol. The van der Waals surface area contributed by atoms with Crippen LogP contribution >= 0.6 is 0 Å². The number of amides is 1. The van der Waals surface area contributed by atoms with Crippen molar-refractivity contribution in [2.45, 2.75) is 19.1 Å². The molecular formula is C12H14N2O4. The Kier molecular flexibility index (Phi) is 3.20. The fourth-order valence-electron chi connectivity index (χ4n) is 1.85. The van der Waals surface area contributed by atoms with Gasteiger partial charge in [0.1, 0.15) is 24.4 Å². The second kappa shape index (κ2) is 4.66. The summed E-state index contributed by atoms with van der Waals surface area (Å²) in [6.07, 6.45) is -0.502. The smallest absolute Gasteiger partial charge is 0.323 e. The molecule has 2 rings (SSSR count). The quantitative estimate of drug-likeness (QED) is 0.782. The minimum absolute atomic E-state index is 0.431. The van der Waals surface area contributed by atoms with E-state index in [0.717, 1.165) is 4.90 Å². The number of hydrogen-bond acceptors (Lipinski definition) is 4. The van der Waals surface area contributed by atoms with Gasteiger partial charge in [-0.05, 0) is 19.1 Å². The highest BCUT2D eigenvalue weighted by Gasteiger charge is 2.34. The van der Waals surface area contributed by atoms with Crippen molar-refractivity contribution in [2.75, 3.05) is 11.4 Å². The molecule has 1 aromatic carbocycles. The second-order valence-electron chi connectivity index (χ2n) is 4.13. The van der Waals surface area contributed by atoms with Gasteiger partial charge in [-0.15, -0.1) is 0 Å². The molecule has 0 bridgehead atoms. The number of rotatable bonds is 2. The van der Waals surface area contributed by atoms with Crippen molar-refractivity contribution in [3.05, 3.63) is 24.3 Å². The van der Waals surface area contributed by atoms with E-state index in [4.69, 9.17) is 15.6 Å². The topological polar surface area (TPSA) is 92.9 Å². The highest BCUT2D eigenvalue weighted by atomic mass is 16.5. The number of carboxylic acids is 1. The molecule has 2 unspecified atom stereocenters. The van der Waals surface area contributed by atoms with Gasteiger partial charge in [-0.3, -0.25) is 14.5 Å². The molecular weight excluding hydrogens is 236 g/mol. The molecule has 1 amide bonds. The van der Waals surface area contributed by atoms with Gasteiger partial charge < -0.3 is 15.6 Å². The van der Waals surface area contributed by atoms with Gasteiger partial charge in [-0.25, -0.2) is 0 Å². The average molecular weight is 250 g/mol. The number of nitrogens with zero attached hydrogens (tertiary/aromatic N) is 1. The largest absolute Gasteiger partial charge is 0.486 e. The van der Waals surface area contributed by atoms with Crippen molar-refractivity contribution in [3.8, 4) is 5.75 Å². The molecule has 0 aliphatic carbocycles. The van der Waals surface area contributed by atoms with E-state index in [1.165, 1.54) is 0 Å². The van der Waals surface area contributed by atoms with E-state index in [9.17, 15) is 9.59 Å². The second-order valence-corrected chi connectivity index (χ2v) is 4.13. The number of ether oxygens (including phenoxy) is 1. The lowest BCUT2D eigenvalue weighted by molar-refractivity contribution is -0.136. The van der Waals surface area contributed by atoms with Gasteiger partial charge in [-0.2, -0.15) is 0 Å². The van der Waals surface area contributed by atoms with E-state index >= 15 is 0 Å². The summed E-state index contributed by atoms with van der Waals surface area (Å²) in [5.74, 6) is -1.08. The van der Waals surface area contributed by atoms with Gasteiger partial charge in [0.05, 0.1) is 5.69 Å². The summed E-state index contributed by atoms with van der Waals surface area (Å²) in [5.41, 5.74) is 6.19. The van der Waals surface area contributed by atoms with Crippen LogP contribution in [-0.4, -0.2) is 35.7 Å². The maximum absolute atomic E-state index is 12.1. The van der Waals surface area contributed by atoms with Gasteiger partial charge in [0.25, 0.3) is 0 Å². The van der Waals surface area contributed by atoms with Gasteiger partial charge in [0.2, 0.25) is 5.91 Å². The van der Waals surface area contributed by atoms with Crippen LogP contribution in [-0.2, 0) is 9.59 Å². The molecule has 6 heteroatoms. The molecule has 1 aliphatic heterocycles. The molecule has 2 atom stereocenters. The third-order valence-electron chi connectivity index (χ3n) is 2.82. The zero-order valence-electron chi connectivity index (χ0n) is 9.87. The number of hydrogen-bond donors (Lipinski definition) is 2. The Morgan fingerprint density at radius 1 is 1.50 bits per heavy atom. The lowest BCUT2D eigenvalue weighted by Crippen LogP contribution is -2.50. The minimum atomic E-state index is -1.10. The Bertz CT molecular complexity index is 489. The van der Waals surface area contributed by atoms with Gasteiger partial charge in [0.15, 0.2) is 0 Å². The maximum atomic E-state index is 12.1. The molecule has 0 aromatic heterocycles.